The minimum atomic E-state index is -4.88. The van der Waals surface area contributed by atoms with Crippen LogP contribution >= 0.6 is 15.6 Å². The Morgan fingerprint density at radius 1 is 0.500 bits per heavy atom. The fraction of sp³-hybridized carbons (Fsp3) is 0.609. The number of aliphatic hydroxyl groups excluding tert-OH is 2. The van der Waals surface area contributed by atoms with Gasteiger partial charge in [0, 0.05) is 12.8 Å². The van der Waals surface area contributed by atoms with E-state index in [9.17, 15) is 33.8 Å². The van der Waals surface area contributed by atoms with Gasteiger partial charge in [0.2, 0.25) is 0 Å². The van der Waals surface area contributed by atoms with Gasteiger partial charge in [-0.15, -0.1) is 0 Å². The number of carbonyl (C=O) groups excluding carboxylic acids is 2. The van der Waals surface area contributed by atoms with Gasteiger partial charge >= 0.3 is 27.6 Å². The van der Waals surface area contributed by atoms with Crippen LogP contribution in [0.2, 0.25) is 0 Å². The first kappa shape index (κ1) is 59.0. The second-order valence-electron chi connectivity index (χ2n) is 14.4. The molecule has 0 aromatic heterocycles. The van der Waals surface area contributed by atoms with Gasteiger partial charge in [-0.05, 0) is 96.3 Å². The number of carbonyl (C=O) groups is 2. The standard InChI is InChI=1S/C46H76O14P2/c1-3-5-6-7-8-9-10-11-12-13-14-19-22-25-28-31-34-37-46(50)60-44(41-59-62(54,55)58-39-43(48)38-57-61(51,52)53)40-56-45(49)36-33-30-27-24-21-18-16-15-17-20-23-26-29-32-35-42(47)4-2/h5-6,8-9,11-12,14,16-20,24,26-27,29,42-44,47-48H,3-4,7,10,13,15,21-23,25,28,30-41H2,1-2H3,(H,54,55)(H2,51,52,53)/b6-5-,9-8-,12-11-,18-16-,19-14-,20-17-,27-24-,29-26-/t42-,43-,44+/m0/s1. The summed E-state index contributed by atoms with van der Waals surface area (Å²) in [5, 5.41) is 19.3. The first-order chi connectivity index (χ1) is 29.8. The smallest absolute Gasteiger partial charge is 0.462 e. The van der Waals surface area contributed by atoms with E-state index in [0.29, 0.717) is 19.3 Å². The third-order valence-electron chi connectivity index (χ3n) is 8.61. The van der Waals surface area contributed by atoms with E-state index < -0.39 is 66.2 Å². The van der Waals surface area contributed by atoms with Crippen LogP contribution in [0.1, 0.15) is 136 Å². The summed E-state index contributed by atoms with van der Waals surface area (Å²) in [5.74, 6) is -1.15. The van der Waals surface area contributed by atoms with Gasteiger partial charge in [0.05, 0.1) is 25.9 Å². The molecule has 0 aliphatic heterocycles. The van der Waals surface area contributed by atoms with Crippen LogP contribution in [-0.2, 0) is 41.8 Å². The van der Waals surface area contributed by atoms with E-state index in [1.165, 1.54) is 0 Å². The fourth-order valence-electron chi connectivity index (χ4n) is 5.13. The molecule has 0 fully saturated rings. The third-order valence-corrected chi connectivity index (χ3v) is 10.0. The lowest BCUT2D eigenvalue weighted by atomic mass is 10.1. The molecular formula is C46H76O14P2. The summed E-state index contributed by atoms with van der Waals surface area (Å²) in [7, 11) is -9.72. The summed E-state index contributed by atoms with van der Waals surface area (Å²) in [6.45, 7) is 1.25. The van der Waals surface area contributed by atoms with E-state index in [2.05, 4.69) is 101 Å². The molecule has 4 atom stereocenters. The van der Waals surface area contributed by atoms with E-state index in [-0.39, 0.29) is 18.9 Å². The zero-order valence-corrected chi connectivity index (χ0v) is 38.8. The Morgan fingerprint density at radius 3 is 1.48 bits per heavy atom. The van der Waals surface area contributed by atoms with Crippen molar-refractivity contribution in [2.24, 2.45) is 0 Å². The van der Waals surface area contributed by atoms with Crippen LogP contribution in [0.4, 0.5) is 0 Å². The molecule has 62 heavy (non-hydrogen) atoms. The van der Waals surface area contributed by atoms with Crippen LogP contribution in [0.3, 0.4) is 0 Å². The maximum atomic E-state index is 12.7. The Kier molecular flexibility index (Phi) is 38.8. The van der Waals surface area contributed by atoms with Crippen molar-refractivity contribution in [2.45, 2.75) is 154 Å². The molecule has 0 amide bonds. The minimum absolute atomic E-state index is 0.0789. The molecule has 0 radical (unpaired) electrons. The molecule has 14 nitrogen and oxygen atoms in total. The Balaban J connectivity index is 4.67. The fourth-order valence-corrected chi connectivity index (χ4v) is 6.29. The van der Waals surface area contributed by atoms with Crippen molar-refractivity contribution in [3.05, 3.63) is 97.2 Å². The van der Waals surface area contributed by atoms with Gasteiger partial charge < -0.3 is 34.4 Å². The number of rotatable bonds is 40. The van der Waals surface area contributed by atoms with Crippen molar-refractivity contribution in [1.82, 2.24) is 0 Å². The molecule has 0 aromatic carbocycles. The lowest BCUT2D eigenvalue weighted by molar-refractivity contribution is -0.161. The highest BCUT2D eigenvalue weighted by Crippen LogP contribution is 2.43. The SMILES string of the molecule is CC/C=C\C/C=C\C/C=C\C/C=C\CCCCCCC(=O)O[C@H](COC(=O)CCC/C=C\C/C=C\C/C=C\C/C=C\CC[C@@H](O)CC)COP(=O)(O)OC[C@@H](O)COP(=O)(O)O. The molecule has 0 bridgehead atoms. The number of phosphoric acid groups is 2. The van der Waals surface area contributed by atoms with Crippen LogP contribution in [0, 0.1) is 0 Å². The van der Waals surface area contributed by atoms with Gasteiger partial charge in [-0.25, -0.2) is 9.13 Å². The van der Waals surface area contributed by atoms with Crippen molar-refractivity contribution >= 4 is 27.6 Å². The summed E-state index contributed by atoms with van der Waals surface area (Å²) in [6.07, 6.45) is 44.9. The van der Waals surface area contributed by atoms with Gasteiger partial charge in [0.25, 0.3) is 0 Å². The average molecular weight is 915 g/mol. The zero-order valence-electron chi connectivity index (χ0n) is 37.0. The molecule has 0 heterocycles. The number of aliphatic hydroxyl groups is 2. The Morgan fingerprint density at radius 2 is 0.952 bits per heavy atom. The Labute approximate surface area is 371 Å². The second kappa shape index (κ2) is 40.8. The molecule has 0 aliphatic rings. The minimum Gasteiger partial charge on any atom is -0.462 e. The largest absolute Gasteiger partial charge is 0.472 e. The predicted molar refractivity (Wildman–Crippen MR) is 245 cm³/mol. The summed E-state index contributed by atoms with van der Waals surface area (Å²) >= 11 is 0. The predicted octanol–water partition coefficient (Wildman–Crippen LogP) is 10.3. The summed E-state index contributed by atoms with van der Waals surface area (Å²) in [5.41, 5.74) is 0. The molecule has 16 heteroatoms. The number of phosphoric ester groups is 2. The van der Waals surface area contributed by atoms with Gasteiger partial charge in [0.15, 0.2) is 6.10 Å². The number of esters is 2. The summed E-state index contributed by atoms with van der Waals surface area (Å²) in [6, 6.07) is 0. The van der Waals surface area contributed by atoms with Crippen LogP contribution in [0.15, 0.2) is 97.2 Å². The second-order valence-corrected chi connectivity index (χ2v) is 17.1. The maximum absolute atomic E-state index is 12.7. The van der Waals surface area contributed by atoms with Crippen LogP contribution in [-0.4, -0.2) is 81.6 Å². The lowest BCUT2D eigenvalue weighted by Gasteiger charge is -2.20. The monoisotopic (exact) mass is 914 g/mol. The van der Waals surface area contributed by atoms with Gasteiger partial charge in [0.1, 0.15) is 12.7 Å². The molecular weight excluding hydrogens is 838 g/mol. The first-order valence-electron chi connectivity index (χ1n) is 22.0. The van der Waals surface area contributed by atoms with E-state index in [4.69, 9.17) is 23.8 Å². The van der Waals surface area contributed by atoms with Gasteiger partial charge in [-0.3, -0.25) is 23.2 Å². The summed E-state index contributed by atoms with van der Waals surface area (Å²) in [4.78, 5) is 52.7. The Bertz CT molecular complexity index is 1480. The topological polar surface area (TPSA) is 216 Å². The molecule has 354 valence electrons. The highest BCUT2D eigenvalue weighted by Gasteiger charge is 2.28. The van der Waals surface area contributed by atoms with Crippen LogP contribution in [0.25, 0.3) is 0 Å². The van der Waals surface area contributed by atoms with E-state index in [1.807, 2.05) is 19.1 Å². The molecule has 0 aromatic rings. The van der Waals surface area contributed by atoms with Crippen LogP contribution in [0.5, 0.6) is 0 Å². The molecule has 1 unspecified atom stereocenters. The highest BCUT2D eigenvalue weighted by atomic mass is 31.2. The zero-order chi connectivity index (χ0) is 46.0. The van der Waals surface area contributed by atoms with Crippen molar-refractivity contribution in [3.63, 3.8) is 0 Å². The molecule has 5 N–H and O–H groups in total. The normalized spacial score (nSPS) is 15.4. The number of hydrogen-bond acceptors (Lipinski definition) is 11. The van der Waals surface area contributed by atoms with Crippen molar-refractivity contribution < 1.29 is 66.7 Å². The van der Waals surface area contributed by atoms with E-state index in [1.54, 1.807) is 0 Å². The van der Waals surface area contributed by atoms with E-state index >= 15 is 0 Å². The molecule has 0 saturated heterocycles. The van der Waals surface area contributed by atoms with Crippen molar-refractivity contribution in [2.75, 3.05) is 26.4 Å². The van der Waals surface area contributed by atoms with Crippen LogP contribution < -0.4 is 0 Å². The Hall–Kier alpha value is -3.00. The maximum Gasteiger partial charge on any atom is 0.472 e. The molecule has 0 aliphatic carbocycles. The average Bonchev–Trinajstić information content (AvgIpc) is 3.23. The highest BCUT2D eigenvalue weighted by molar-refractivity contribution is 7.47. The van der Waals surface area contributed by atoms with E-state index in [0.717, 1.165) is 89.9 Å². The third kappa shape index (κ3) is 43.6. The van der Waals surface area contributed by atoms with Crippen molar-refractivity contribution in [1.29, 1.82) is 0 Å². The number of hydrogen-bond donors (Lipinski definition) is 5. The van der Waals surface area contributed by atoms with Gasteiger partial charge in [-0.1, -0.05) is 124 Å². The summed E-state index contributed by atoms with van der Waals surface area (Å²) < 4.78 is 47.7. The van der Waals surface area contributed by atoms with Gasteiger partial charge in [-0.2, -0.15) is 0 Å². The first-order valence-corrected chi connectivity index (χ1v) is 25.0. The number of ether oxygens (including phenoxy) is 2. The number of allylic oxidation sites excluding steroid dienone is 16. The lowest BCUT2D eigenvalue weighted by Crippen LogP contribution is -2.30. The molecule has 0 saturated carbocycles. The molecule has 0 spiro atoms. The quantitative estimate of drug-likeness (QED) is 0.0167. The van der Waals surface area contributed by atoms with Crippen molar-refractivity contribution in [3.8, 4) is 0 Å². The number of unbranched alkanes of at least 4 members (excludes halogenated alkanes) is 5. The molecule has 0 rings (SSSR count).